The van der Waals surface area contributed by atoms with Crippen molar-refractivity contribution in [2.24, 2.45) is 10.7 Å². The average Bonchev–Trinajstić information content (AvgIpc) is 3.01. The summed E-state index contributed by atoms with van der Waals surface area (Å²) in [4.78, 5) is 17.1. The van der Waals surface area contributed by atoms with Gasteiger partial charge in [0.25, 0.3) is 0 Å². The number of H-pyrrole nitrogens is 1. The molecule has 0 saturated carbocycles. The van der Waals surface area contributed by atoms with Crippen LogP contribution in [0.4, 0.5) is 0 Å². The standard InChI is InChI=1S/C19H21N5O3.ClH/c1-21-7-8-22-10-2-3-11-15-14(10)19(27)17-13(26)5-4-12(25)16(17)18(15)23-24(11)9-6-20;/h2-5,21,23,26-27H,6-9,20H2,1H3;1H. The average molecular weight is 404 g/mol. The van der Waals surface area contributed by atoms with Crippen LogP contribution in [0.15, 0.2) is 34.1 Å². The minimum atomic E-state index is -0.277. The number of likely N-dealkylation sites (N-methyl/N-ethyl adjacent to an activating group) is 1. The lowest BCUT2D eigenvalue weighted by Crippen LogP contribution is -2.14. The zero-order valence-corrected chi connectivity index (χ0v) is 16.1. The summed E-state index contributed by atoms with van der Waals surface area (Å²) in [6, 6.07) is 6.33. The molecule has 0 aliphatic carbocycles. The van der Waals surface area contributed by atoms with Gasteiger partial charge in [0, 0.05) is 18.5 Å². The predicted molar refractivity (Wildman–Crippen MR) is 113 cm³/mol. The molecule has 0 atom stereocenters. The van der Waals surface area contributed by atoms with Gasteiger partial charge in [-0.2, -0.15) is 0 Å². The SMILES string of the molecule is CNCCN=c1ccc2c3c1c(O)c1c(O)ccc(=O)c1c3[nH]n2CCN.Cl. The van der Waals surface area contributed by atoms with E-state index in [-0.39, 0.29) is 40.1 Å². The number of phenols is 2. The third-order valence-corrected chi connectivity index (χ3v) is 4.81. The summed E-state index contributed by atoms with van der Waals surface area (Å²) < 4.78 is 1.84. The molecule has 0 amide bonds. The Labute approximate surface area is 166 Å². The highest BCUT2D eigenvalue weighted by molar-refractivity contribution is 6.23. The van der Waals surface area contributed by atoms with E-state index in [1.54, 1.807) is 0 Å². The van der Waals surface area contributed by atoms with Crippen LogP contribution in [-0.2, 0) is 6.54 Å². The number of halogens is 1. The zero-order chi connectivity index (χ0) is 19.1. The summed E-state index contributed by atoms with van der Waals surface area (Å²) in [5, 5.41) is 29.8. The fraction of sp³-hybridized carbons (Fsp3) is 0.263. The van der Waals surface area contributed by atoms with Gasteiger partial charge in [0.1, 0.15) is 11.5 Å². The molecule has 0 spiro atoms. The van der Waals surface area contributed by atoms with E-state index in [1.165, 1.54) is 12.1 Å². The number of phenolic OH excluding ortho intramolecular Hbond substituents is 2. The summed E-state index contributed by atoms with van der Waals surface area (Å²) in [5.41, 5.74) is 6.82. The Hall–Kier alpha value is -2.81. The molecule has 4 aromatic rings. The van der Waals surface area contributed by atoms with Gasteiger partial charge in [0.05, 0.1) is 45.6 Å². The molecule has 0 fully saturated rings. The van der Waals surface area contributed by atoms with E-state index in [0.717, 1.165) is 5.52 Å². The maximum absolute atomic E-state index is 12.6. The molecule has 8 nitrogen and oxygen atoms in total. The molecule has 6 N–H and O–H groups in total. The minimum absolute atomic E-state index is 0. The van der Waals surface area contributed by atoms with Crippen LogP contribution in [0.2, 0.25) is 0 Å². The largest absolute Gasteiger partial charge is 0.507 e. The normalized spacial score (nSPS) is 12.3. The van der Waals surface area contributed by atoms with Gasteiger partial charge in [-0.05, 0) is 31.3 Å². The first-order valence-electron chi connectivity index (χ1n) is 8.79. The molecule has 1 heterocycles. The van der Waals surface area contributed by atoms with Gasteiger partial charge < -0.3 is 21.3 Å². The van der Waals surface area contributed by atoms with E-state index in [0.29, 0.717) is 47.8 Å². The highest BCUT2D eigenvalue weighted by Crippen LogP contribution is 2.41. The van der Waals surface area contributed by atoms with E-state index < -0.39 is 0 Å². The second kappa shape index (κ2) is 7.67. The van der Waals surface area contributed by atoms with E-state index in [2.05, 4.69) is 15.4 Å². The smallest absolute Gasteiger partial charge is 0.189 e. The van der Waals surface area contributed by atoms with Crippen molar-refractivity contribution in [2.75, 3.05) is 26.7 Å². The van der Waals surface area contributed by atoms with Crippen LogP contribution in [0.5, 0.6) is 11.5 Å². The Bertz CT molecular complexity index is 1280. The summed E-state index contributed by atoms with van der Waals surface area (Å²) in [6.45, 7) is 2.16. The van der Waals surface area contributed by atoms with Crippen molar-refractivity contribution >= 4 is 45.0 Å². The highest BCUT2D eigenvalue weighted by Gasteiger charge is 2.21. The van der Waals surface area contributed by atoms with Gasteiger partial charge in [-0.25, -0.2) is 0 Å². The quantitative estimate of drug-likeness (QED) is 0.250. The molecule has 0 saturated heterocycles. The fourth-order valence-electron chi connectivity index (χ4n) is 3.64. The molecule has 3 aromatic carbocycles. The number of nitrogens with two attached hydrogens (primary N) is 1. The van der Waals surface area contributed by atoms with Crippen LogP contribution in [0.25, 0.3) is 32.6 Å². The molecule has 0 bridgehead atoms. The van der Waals surface area contributed by atoms with Gasteiger partial charge in [-0.1, -0.05) is 0 Å². The van der Waals surface area contributed by atoms with E-state index >= 15 is 0 Å². The summed E-state index contributed by atoms with van der Waals surface area (Å²) in [5.74, 6) is -0.286. The van der Waals surface area contributed by atoms with E-state index in [4.69, 9.17) is 5.73 Å². The molecule has 0 unspecified atom stereocenters. The Kier molecular flexibility index (Phi) is 5.46. The van der Waals surface area contributed by atoms with Crippen molar-refractivity contribution in [1.29, 1.82) is 0 Å². The number of hydrogen-bond donors (Lipinski definition) is 5. The lowest BCUT2D eigenvalue weighted by atomic mass is 9.99. The van der Waals surface area contributed by atoms with Crippen molar-refractivity contribution < 1.29 is 10.2 Å². The molecule has 4 rings (SSSR count). The van der Waals surface area contributed by atoms with Crippen LogP contribution >= 0.6 is 12.4 Å². The van der Waals surface area contributed by atoms with Gasteiger partial charge >= 0.3 is 0 Å². The maximum Gasteiger partial charge on any atom is 0.189 e. The van der Waals surface area contributed by atoms with Gasteiger partial charge in [0.2, 0.25) is 0 Å². The topological polar surface area (TPSA) is 129 Å². The number of hydrogen-bond acceptors (Lipinski definition) is 6. The molecular formula is C19H22ClN5O3. The molecule has 148 valence electrons. The third kappa shape index (κ3) is 2.86. The van der Waals surface area contributed by atoms with Gasteiger partial charge in [-0.15, -0.1) is 12.4 Å². The Morgan fingerprint density at radius 1 is 1.14 bits per heavy atom. The van der Waals surface area contributed by atoms with Crippen molar-refractivity contribution in [2.45, 2.75) is 6.54 Å². The summed E-state index contributed by atoms with van der Waals surface area (Å²) >= 11 is 0. The second-order valence-corrected chi connectivity index (χ2v) is 6.45. The number of aromatic hydroxyl groups is 2. The zero-order valence-electron chi connectivity index (χ0n) is 15.3. The number of nitrogens with one attached hydrogen (secondary N) is 2. The molecule has 0 aliphatic rings. The van der Waals surface area contributed by atoms with Crippen LogP contribution in [0, 0.1) is 0 Å². The van der Waals surface area contributed by atoms with Gasteiger partial charge in [-0.3, -0.25) is 19.6 Å². The van der Waals surface area contributed by atoms with Crippen LogP contribution in [0.3, 0.4) is 0 Å². The molecular weight excluding hydrogens is 382 g/mol. The minimum Gasteiger partial charge on any atom is -0.507 e. The number of rotatable bonds is 5. The second-order valence-electron chi connectivity index (χ2n) is 6.45. The first-order valence-corrected chi connectivity index (χ1v) is 8.79. The first kappa shape index (κ1) is 19.9. The summed E-state index contributed by atoms with van der Waals surface area (Å²) in [6.07, 6.45) is 0. The van der Waals surface area contributed by atoms with Gasteiger partial charge in [0.15, 0.2) is 5.43 Å². The van der Waals surface area contributed by atoms with Crippen molar-refractivity contribution in [1.82, 2.24) is 15.1 Å². The lowest BCUT2D eigenvalue weighted by Gasteiger charge is -2.08. The van der Waals surface area contributed by atoms with Crippen LogP contribution in [0.1, 0.15) is 0 Å². The number of aromatic amines is 1. The Balaban J connectivity index is 0.00000225. The maximum atomic E-state index is 12.6. The van der Waals surface area contributed by atoms with Crippen molar-refractivity contribution in [3.05, 3.63) is 39.8 Å². The van der Waals surface area contributed by atoms with Crippen LogP contribution < -0.4 is 21.8 Å². The summed E-state index contributed by atoms with van der Waals surface area (Å²) in [7, 11) is 1.84. The number of nitrogens with zero attached hydrogens (tertiary/aromatic N) is 2. The number of fused-ring (bicyclic) bond motifs is 2. The number of benzene rings is 3. The van der Waals surface area contributed by atoms with Crippen LogP contribution in [-0.4, -0.2) is 46.7 Å². The predicted octanol–water partition coefficient (Wildman–Crippen LogP) is 0.986. The Morgan fingerprint density at radius 3 is 2.64 bits per heavy atom. The molecule has 28 heavy (non-hydrogen) atoms. The third-order valence-electron chi connectivity index (χ3n) is 4.81. The number of aromatic nitrogens is 2. The molecule has 0 radical (unpaired) electrons. The first-order chi connectivity index (χ1) is 13.1. The van der Waals surface area contributed by atoms with E-state index in [9.17, 15) is 15.0 Å². The highest BCUT2D eigenvalue weighted by atomic mass is 35.5. The van der Waals surface area contributed by atoms with Crippen molar-refractivity contribution in [3.63, 3.8) is 0 Å². The van der Waals surface area contributed by atoms with E-state index in [1.807, 2.05) is 23.9 Å². The fourth-order valence-corrected chi connectivity index (χ4v) is 3.64. The molecule has 9 heteroatoms. The van der Waals surface area contributed by atoms with Crippen molar-refractivity contribution in [3.8, 4) is 11.5 Å². The molecule has 1 aromatic heterocycles. The molecule has 0 aliphatic heterocycles. The lowest BCUT2D eigenvalue weighted by molar-refractivity contribution is 0.467. The Morgan fingerprint density at radius 2 is 1.93 bits per heavy atom. The monoisotopic (exact) mass is 403 g/mol.